The molecule has 0 saturated carbocycles. The fraction of sp³-hybridized carbons (Fsp3) is 0.462. The molecular formula is C13H16N4O2. The van der Waals surface area contributed by atoms with Crippen LogP contribution in [0.4, 0.5) is 5.82 Å². The molecule has 0 amide bonds. The average molecular weight is 260 g/mol. The second-order valence-corrected chi connectivity index (χ2v) is 4.96. The Bertz CT molecular complexity index is 622. The monoisotopic (exact) mass is 260 g/mol. The summed E-state index contributed by atoms with van der Waals surface area (Å²) in [7, 11) is 0. The van der Waals surface area contributed by atoms with Gasteiger partial charge < -0.3 is 14.4 Å². The van der Waals surface area contributed by atoms with Crippen LogP contribution >= 0.6 is 0 Å². The Morgan fingerprint density at radius 1 is 1.47 bits per heavy atom. The first-order valence-corrected chi connectivity index (χ1v) is 6.45. The number of rotatable bonds is 2. The van der Waals surface area contributed by atoms with Crippen molar-refractivity contribution >= 4 is 17.3 Å². The van der Waals surface area contributed by atoms with Crippen molar-refractivity contribution in [3.8, 4) is 0 Å². The van der Waals surface area contributed by atoms with Crippen molar-refractivity contribution < 1.29 is 9.90 Å². The molecule has 2 aromatic rings. The topological polar surface area (TPSA) is 70.7 Å². The molecule has 6 heteroatoms. The summed E-state index contributed by atoms with van der Waals surface area (Å²) in [5.41, 5.74) is 0.985. The lowest BCUT2D eigenvalue weighted by Gasteiger charge is -2.31. The predicted octanol–water partition coefficient (Wildman–Crippen LogP) is 1.34. The Morgan fingerprint density at radius 3 is 3.11 bits per heavy atom. The molecule has 1 fully saturated rings. The number of anilines is 1. The second kappa shape index (κ2) is 4.53. The number of hydrogen-bond donors (Lipinski definition) is 1. The van der Waals surface area contributed by atoms with Crippen LogP contribution in [0.25, 0.3) is 5.52 Å². The maximum absolute atomic E-state index is 11.1. The van der Waals surface area contributed by atoms with E-state index in [1.807, 2.05) is 34.6 Å². The molecule has 1 unspecified atom stereocenters. The Kier molecular flexibility index (Phi) is 2.85. The summed E-state index contributed by atoms with van der Waals surface area (Å²) in [5, 5.41) is 17.6. The summed E-state index contributed by atoms with van der Waals surface area (Å²) < 4.78 is 1.98. The molecule has 3 rings (SSSR count). The van der Waals surface area contributed by atoms with Gasteiger partial charge in [0, 0.05) is 19.3 Å². The van der Waals surface area contributed by atoms with Gasteiger partial charge in [-0.1, -0.05) is 0 Å². The number of hydrogen-bond acceptors (Lipinski definition) is 4. The van der Waals surface area contributed by atoms with Crippen molar-refractivity contribution in [1.82, 2.24) is 14.6 Å². The van der Waals surface area contributed by atoms with E-state index in [0.717, 1.165) is 36.5 Å². The van der Waals surface area contributed by atoms with E-state index in [9.17, 15) is 4.79 Å². The fourth-order valence-electron chi connectivity index (χ4n) is 2.66. The summed E-state index contributed by atoms with van der Waals surface area (Å²) in [6.45, 7) is 3.25. The number of carboxylic acids is 1. The number of aryl methyl sites for hydroxylation is 1. The Hall–Kier alpha value is -2.11. The zero-order valence-electron chi connectivity index (χ0n) is 10.8. The molecule has 1 atom stereocenters. The van der Waals surface area contributed by atoms with E-state index in [2.05, 4.69) is 10.2 Å². The van der Waals surface area contributed by atoms with Crippen LogP contribution in [0.3, 0.4) is 0 Å². The summed E-state index contributed by atoms with van der Waals surface area (Å²) in [5.74, 6) is 0.570. The lowest BCUT2D eigenvalue weighted by atomic mass is 9.98. The van der Waals surface area contributed by atoms with Gasteiger partial charge >= 0.3 is 5.97 Å². The minimum Gasteiger partial charge on any atom is -0.481 e. The molecule has 6 nitrogen and oxygen atoms in total. The quantitative estimate of drug-likeness (QED) is 0.882. The van der Waals surface area contributed by atoms with Crippen molar-refractivity contribution in [1.29, 1.82) is 0 Å². The molecule has 19 heavy (non-hydrogen) atoms. The van der Waals surface area contributed by atoms with Crippen LogP contribution in [0, 0.1) is 12.8 Å². The molecule has 0 bridgehead atoms. The molecule has 0 radical (unpaired) electrons. The molecule has 2 aromatic heterocycles. The van der Waals surface area contributed by atoms with E-state index in [1.165, 1.54) is 0 Å². The summed E-state index contributed by atoms with van der Waals surface area (Å²) in [6, 6.07) is 3.94. The van der Waals surface area contributed by atoms with Gasteiger partial charge in [-0.25, -0.2) is 0 Å². The number of aliphatic carboxylic acids is 1. The Labute approximate surface area is 110 Å². The van der Waals surface area contributed by atoms with Gasteiger partial charge in [-0.2, -0.15) is 0 Å². The maximum atomic E-state index is 11.1. The van der Waals surface area contributed by atoms with Crippen molar-refractivity contribution in [3.63, 3.8) is 0 Å². The lowest BCUT2D eigenvalue weighted by Crippen LogP contribution is -2.39. The second-order valence-electron chi connectivity index (χ2n) is 4.96. The molecule has 0 aliphatic carbocycles. The van der Waals surface area contributed by atoms with Gasteiger partial charge in [0.15, 0.2) is 5.82 Å². The van der Waals surface area contributed by atoms with Crippen LogP contribution in [0.1, 0.15) is 18.7 Å². The normalized spacial score (nSPS) is 19.8. The number of carboxylic acid groups (broad SMARTS) is 1. The lowest BCUT2D eigenvalue weighted by molar-refractivity contribution is -0.141. The van der Waals surface area contributed by atoms with Crippen molar-refractivity contribution in [3.05, 3.63) is 24.2 Å². The predicted molar refractivity (Wildman–Crippen MR) is 70.3 cm³/mol. The number of fused-ring (bicyclic) bond motifs is 1. The van der Waals surface area contributed by atoms with Gasteiger partial charge in [-0.05, 0) is 31.9 Å². The van der Waals surface area contributed by atoms with E-state index in [0.29, 0.717) is 6.54 Å². The molecule has 0 spiro atoms. The molecule has 100 valence electrons. The maximum Gasteiger partial charge on any atom is 0.308 e. The van der Waals surface area contributed by atoms with E-state index < -0.39 is 5.97 Å². The third kappa shape index (κ3) is 2.03. The average Bonchev–Trinajstić information content (AvgIpc) is 2.89. The highest BCUT2D eigenvalue weighted by atomic mass is 16.4. The first kappa shape index (κ1) is 12.0. The largest absolute Gasteiger partial charge is 0.481 e. The SMILES string of the molecule is Cc1nnc(N2CCCC(C(=O)O)C2)c2cccn12. The molecule has 3 heterocycles. The molecule has 1 saturated heterocycles. The Morgan fingerprint density at radius 2 is 2.32 bits per heavy atom. The first-order chi connectivity index (χ1) is 9.16. The summed E-state index contributed by atoms with van der Waals surface area (Å²) in [6.07, 6.45) is 3.56. The van der Waals surface area contributed by atoms with E-state index in [-0.39, 0.29) is 5.92 Å². The van der Waals surface area contributed by atoms with Crippen LogP contribution in [0.15, 0.2) is 18.3 Å². The summed E-state index contributed by atoms with van der Waals surface area (Å²) >= 11 is 0. The third-order valence-corrected chi connectivity index (χ3v) is 3.69. The van der Waals surface area contributed by atoms with E-state index in [4.69, 9.17) is 5.11 Å². The molecule has 0 aromatic carbocycles. The number of piperidine rings is 1. The van der Waals surface area contributed by atoms with Crippen LogP contribution in [-0.2, 0) is 4.79 Å². The van der Waals surface area contributed by atoms with Gasteiger partial charge in [-0.15, -0.1) is 10.2 Å². The van der Waals surface area contributed by atoms with Crippen molar-refractivity contribution in [2.45, 2.75) is 19.8 Å². The van der Waals surface area contributed by atoms with E-state index >= 15 is 0 Å². The van der Waals surface area contributed by atoms with Crippen LogP contribution in [0.5, 0.6) is 0 Å². The van der Waals surface area contributed by atoms with Crippen molar-refractivity contribution in [2.24, 2.45) is 5.92 Å². The minimum atomic E-state index is -0.726. The van der Waals surface area contributed by atoms with Crippen LogP contribution in [0.2, 0.25) is 0 Å². The van der Waals surface area contributed by atoms with Crippen molar-refractivity contribution in [2.75, 3.05) is 18.0 Å². The first-order valence-electron chi connectivity index (χ1n) is 6.45. The standard InChI is InChI=1S/C13H16N4O2/c1-9-14-15-12(11-5-3-7-17(9)11)16-6-2-4-10(8-16)13(18)19/h3,5,7,10H,2,4,6,8H2,1H3,(H,18,19). The summed E-state index contributed by atoms with van der Waals surface area (Å²) in [4.78, 5) is 13.2. The zero-order valence-corrected chi connectivity index (χ0v) is 10.8. The Balaban J connectivity index is 1.98. The van der Waals surface area contributed by atoms with Gasteiger partial charge in [0.1, 0.15) is 5.82 Å². The third-order valence-electron chi connectivity index (χ3n) is 3.69. The molecule has 1 aliphatic rings. The smallest absolute Gasteiger partial charge is 0.308 e. The molecule has 1 aliphatic heterocycles. The zero-order chi connectivity index (χ0) is 13.4. The minimum absolute atomic E-state index is 0.313. The number of carbonyl (C=O) groups is 1. The highest BCUT2D eigenvalue weighted by Gasteiger charge is 2.27. The van der Waals surface area contributed by atoms with Gasteiger partial charge in [0.25, 0.3) is 0 Å². The number of nitrogens with zero attached hydrogens (tertiary/aromatic N) is 4. The van der Waals surface area contributed by atoms with Gasteiger partial charge in [-0.3, -0.25) is 4.79 Å². The number of aromatic nitrogens is 3. The van der Waals surface area contributed by atoms with Crippen LogP contribution in [-0.4, -0.2) is 38.8 Å². The molecule has 1 N–H and O–H groups in total. The van der Waals surface area contributed by atoms with E-state index in [1.54, 1.807) is 0 Å². The molecular weight excluding hydrogens is 244 g/mol. The van der Waals surface area contributed by atoms with Gasteiger partial charge in [0.05, 0.1) is 11.4 Å². The highest BCUT2D eigenvalue weighted by Crippen LogP contribution is 2.25. The fourth-order valence-corrected chi connectivity index (χ4v) is 2.66. The van der Waals surface area contributed by atoms with Gasteiger partial charge in [0.2, 0.25) is 0 Å². The highest BCUT2D eigenvalue weighted by molar-refractivity contribution is 5.73. The van der Waals surface area contributed by atoms with Crippen LogP contribution < -0.4 is 4.90 Å².